The van der Waals surface area contributed by atoms with E-state index in [1.807, 2.05) is 0 Å². The molecular formula is C16H20ClNO3. The predicted octanol–water partition coefficient (Wildman–Crippen LogP) is 3.33. The molecule has 21 heavy (non-hydrogen) atoms. The number of unbranched alkanes of at least 4 members (excludes halogenated alkanes) is 3. The van der Waals surface area contributed by atoms with Crippen molar-refractivity contribution >= 4 is 29.1 Å². The highest BCUT2D eigenvalue weighted by Gasteiger charge is 2.14. The van der Waals surface area contributed by atoms with Gasteiger partial charge in [-0.15, -0.1) is 0 Å². The lowest BCUT2D eigenvalue weighted by Gasteiger charge is -2.08. The summed E-state index contributed by atoms with van der Waals surface area (Å²) in [5.41, 5.74) is 5.84. The quantitative estimate of drug-likeness (QED) is 0.455. The Morgan fingerprint density at radius 1 is 1.19 bits per heavy atom. The van der Waals surface area contributed by atoms with Crippen LogP contribution in [-0.2, 0) is 14.3 Å². The molecule has 5 heteroatoms. The van der Waals surface area contributed by atoms with Gasteiger partial charge in [-0.1, -0.05) is 49.9 Å². The van der Waals surface area contributed by atoms with Gasteiger partial charge in [0.1, 0.15) is 0 Å². The van der Waals surface area contributed by atoms with Crippen molar-refractivity contribution in [3.05, 3.63) is 40.9 Å². The van der Waals surface area contributed by atoms with Gasteiger partial charge in [-0.25, -0.2) is 4.79 Å². The minimum Gasteiger partial charge on any atom is -0.462 e. The number of hydrogen-bond acceptors (Lipinski definition) is 3. The van der Waals surface area contributed by atoms with Crippen molar-refractivity contribution in [1.82, 2.24) is 0 Å². The zero-order chi connectivity index (χ0) is 15.7. The van der Waals surface area contributed by atoms with Gasteiger partial charge in [0.25, 0.3) is 0 Å². The van der Waals surface area contributed by atoms with Gasteiger partial charge >= 0.3 is 5.97 Å². The minimum atomic E-state index is -0.692. The van der Waals surface area contributed by atoms with E-state index in [0.29, 0.717) is 17.2 Å². The first kappa shape index (κ1) is 17.2. The monoisotopic (exact) mass is 309 g/mol. The Morgan fingerprint density at radius 3 is 2.43 bits per heavy atom. The number of benzene rings is 1. The standard InChI is InChI=1S/C16H20ClNO3/c1-2-3-4-5-10-21-16(20)14(11-15(18)19)12-6-8-13(17)9-7-12/h6-9,11H,2-5,10H2,1H3,(H2,18,19). The average molecular weight is 310 g/mol. The second kappa shape index (κ2) is 9.19. The van der Waals surface area contributed by atoms with Gasteiger partial charge in [0, 0.05) is 11.1 Å². The number of halogens is 1. The number of rotatable bonds is 8. The van der Waals surface area contributed by atoms with Gasteiger partial charge in [-0.2, -0.15) is 0 Å². The molecule has 0 saturated heterocycles. The van der Waals surface area contributed by atoms with Crippen LogP contribution in [0.3, 0.4) is 0 Å². The van der Waals surface area contributed by atoms with Gasteiger partial charge in [0.05, 0.1) is 12.2 Å². The van der Waals surface area contributed by atoms with E-state index in [4.69, 9.17) is 22.1 Å². The number of esters is 1. The number of carbonyl (C=O) groups excluding carboxylic acids is 2. The molecule has 2 N–H and O–H groups in total. The second-order valence-corrected chi connectivity index (χ2v) is 5.10. The minimum absolute atomic E-state index is 0.148. The first-order valence-corrected chi connectivity index (χ1v) is 7.36. The van der Waals surface area contributed by atoms with Crippen LogP contribution in [0.4, 0.5) is 0 Å². The van der Waals surface area contributed by atoms with Crippen LogP contribution < -0.4 is 5.73 Å². The summed E-state index contributed by atoms with van der Waals surface area (Å²) in [6, 6.07) is 6.57. The Morgan fingerprint density at radius 2 is 1.86 bits per heavy atom. The van der Waals surface area contributed by atoms with Crippen LogP contribution in [0.15, 0.2) is 30.3 Å². The maximum Gasteiger partial charge on any atom is 0.338 e. The van der Waals surface area contributed by atoms with E-state index in [1.54, 1.807) is 24.3 Å². The molecule has 0 saturated carbocycles. The highest BCUT2D eigenvalue weighted by atomic mass is 35.5. The van der Waals surface area contributed by atoms with Crippen molar-refractivity contribution in [3.8, 4) is 0 Å². The van der Waals surface area contributed by atoms with Crippen LogP contribution in [0, 0.1) is 0 Å². The van der Waals surface area contributed by atoms with Gasteiger partial charge in [0.15, 0.2) is 0 Å². The smallest absolute Gasteiger partial charge is 0.338 e. The number of primary amides is 1. The summed E-state index contributed by atoms with van der Waals surface area (Å²) in [6.07, 6.45) is 5.13. The molecule has 1 rings (SSSR count). The van der Waals surface area contributed by atoms with Crippen molar-refractivity contribution in [2.45, 2.75) is 32.6 Å². The highest BCUT2D eigenvalue weighted by molar-refractivity contribution is 6.30. The molecule has 0 aliphatic carbocycles. The third-order valence-corrected chi connectivity index (χ3v) is 3.14. The van der Waals surface area contributed by atoms with E-state index in [0.717, 1.165) is 31.8 Å². The van der Waals surface area contributed by atoms with Crippen LogP contribution in [0.25, 0.3) is 5.57 Å². The van der Waals surface area contributed by atoms with E-state index < -0.39 is 11.9 Å². The Hall–Kier alpha value is -1.81. The van der Waals surface area contributed by atoms with E-state index in [-0.39, 0.29) is 5.57 Å². The van der Waals surface area contributed by atoms with E-state index in [2.05, 4.69) is 6.92 Å². The van der Waals surface area contributed by atoms with E-state index in [1.165, 1.54) is 0 Å². The lowest BCUT2D eigenvalue weighted by molar-refractivity contribution is -0.136. The van der Waals surface area contributed by atoms with Crippen molar-refractivity contribution in [1.29, 1.82) is 0 Å². The first-order chi connectivity index (χ1) is 10.0. The largest absolute Gasteiger partial charge is 0.462 e. The van der Waals surface area contributed by atoms with Crippen molar-refractivity contribution < 1.29 is 14.3 Å². The second-order valence-electron chi connectivity index (χ2n) is 4.66. The third kappa shape index (κ3) is 6.45. The van der Waals surface area contributed by atoms with Gasteiger partial charge in [0.2, 0.25) is 5.91 Å². The molecule has 0 atom stereocenters. The summed E-state index contributed by atoms with van der Waals surface area (Å²) in [4.78, 5) is 23.1. The fourth-order valence-corrected chi connectivity index (χ4v) is 1.93. The zero-order valence-electron chi connectivity index (χ0n) is 12.1. The molecule has 0 bridgehead atoms. The van der Waals surface area contributed by atoms with Gasteiger partial charge < -0.3 is 10.5 Å². The lowest BCUT2D eigenvalue weighted by atomic mass is 10.1. The summed E-state index contributed by atoms with van der Waals surface area (Å²) >= 11 is 5.81. The topological polar surface area (TPSA) is 69.4 Å². The van der Waals surface area contributed by atoms with Crippen molar-refractivity contribution in [2.24, 2.45) is 5.73 Å². The number of amides is 1. The fraction of sp³-hybridized carbons (Fsp3) is 0.375. The third-order valence-electron chi connectivity index (χ3n) is 2.89. The predicted molar refractivity (Wildman–Crippen MR) is 83.7 cm³/mol. The lowest BCUT2D eigenvalue weighted by Crippen LogP contribution is -2.13. The zero-order valence-corrected chi connectivity index (χ0v) is 12.9. The maximum absolute atomic E-state index is 12.1. The van der Waals surface area contributed by atoms with Crippen LogP contribution in [0.2, 0.25) is 5.02 Å². The normalized spacial score (nSPS) is 11.2. The number of hydrogen-bond donors (Lipinski definition) is 1. The summed E-state index contributed by atoms with van der Waals surface area (Å²) in [5.74, 6) is -1.24. The molecule has 0 spiro atoms. The number of nitrogens with two attached hydrogens (primary N) is 1. The Balaban J connectivity index is 2.72. The maximum atomic E-state index is 12.1. The Bertz CT molecular complexity index is 509. The first-order valence-electron chi connectivity index (χ1n) is 6.98. The molecule has 0 aliphatic rings. The molecule has 1 aromatic carbocycles. The Labute approximate surface area is 129 Å². The van der Waals surface area contributed by atoms with Crippen LogP contribution in [-0.4, -0.2) is 18.5 Å². The molecular weight excluding hydrogens is 290 g/mol. The number of ether oxygens (including phenoxy) is 1. The SMILES string of the molecule is CCCCCCOC(=O)C(=CC(N)=O)c1ccc(Cl)cc1. The average Bonchev–Trinajstić information content (AvgIpc) is 2.45. The fourth-order valence-electron chi connectivity index (χ4n) is 1.80. The summed E-state index contributed by atoms with van der Waals surface area (Å²) in [5, 5.41) is 0.546. The summed E-state index contributed by atoms with van der Waals surface area (Å²) in [6.45, 7) is 2.45. The van der Waals surface area contributed by atoms with Gasteiger partial charge in [-0.3, -0.25) is 4.79 Å². The summed E-state index contributed by atoms with van der Waals surface area (Å²) < 4.78 is 5.19. The Kier molecular flexibility index (Phi) is 7.54. The van der Waals surface area contributed by atoms with E-state index in [9.17, 15) is 9.59 Å². The van der Waals surface area contributed by atoms with Crippen molar-refractivity contribution in [2.75, 3.05) is 6.61 Å². The molecule has 0 aromatic heterocycles. The molecule has 0 unspecified atom stereocenters. The molecule has 114 valence electrons. The molecule has 0 heterocycles. The van der Waals surface area contributed by atoms with Gasteiger partial charge in [-0.05, 0) is 24.1 Å². The molecule has 4 nitrogen and oxygen atoms in total. The molecule has 0 fully saturated rings. The summed E-state index contributed by atoms with van der Waals surface area (Å²) in [7, 11) is 0. The number of carbonyl (C=O) groups is 2. The van der Waals surface area contributed by atoms with Crippen LogP contribution >= 0.6 is 11.6 Å². The van der Waals surface area contributed by atoms with E-state index >= 15 is 0 Å². The molecule has 1 aromatic rings. The van der Waals surface area contributed by atoms with Crippen LogP contribution in [0.1, 0.15) is 38.2 Å². The van der Waals surface area contributed by atoms with Crippen LogP contribution in [0.5, 0.6) is 0 Å². The molecule has 0 radical (unpaired) electrons. The highest BCUT2D eigenvalue weighted by Crippen LogP contribution is 2.19. The van der Waals surface area contributed by atoms with Crippen molar-refractivity contribution in [3.63, 3.8) is 0 Å². The molecule has 1 amide bonds. The molecule has 0 aliphatic heterocycles.